The Bertz CT molecular complexity index is 533. The second kappa shape index (κ2) is 16.6. The molecule has 0 saturated carbocycles. The van der Waals surface area contributed by atoms with E-state index in [0.717, 1.165) is 24.9 Å². The molecule has 0 amide bonds. The predicted octanol–water partition coefficient (Wildman–Crippen LogP) is 5.45. The summed E-state index contributed by atoms with van der Waals surface area (Å²) in [6.45, 7) is 22.4. The van der Waals surface area contributed by atoms with Crippen LogP contribution in [0.25, 0.3) is 0 Å². The van der Waals surface area contributed by atoms with E-state index in [1.165, 1.54) is 25.7 Å². The van der Waals surface area contributed by atoms with Gasteiger partial charge in [0.2, 0.25) is 0 Å². The molecule has 0 aromatic carbocycles. The molecule has 4 atom stereocenters. The first-order valence-corrected chi connectivity index (χ1v) is 27.1. The van der Waals surface area contributed by atoms with Crippen LogP contribution in [0.1, 0.15) is 45.4 Å². The van der Waals surface area contributed by atoms with Crippen molar-refractivity contribution in [3.63, 3.8) is 0 Å². The monoisotopic (exact) mass is 572 g/mol. The van der Waals surface area contributed by atoms with Crippen molar-refractivity contribution in [1.29, 1.82) is 0 Å². The van der Waals surface area contributed by atoms with Gasteiger partial charge in [0.25, 0.3) is 9.28 Å². The van der Waals surface area contributed by atoms with Gasteiger partial charge in [0.15, 0.2) is 16.6 Å². The van der Waals surface area contributed by atoms with Gasteiger partial charge in [0, 0.05) is 6.61 Å². The molecule has 0 radical (unpaired) electrons. The van der Waals surface area contributed by atoms with Gasteiger partial charge in [-0.1, -0.05) is 39.0 Å². The van der Waals surface area contributed by atoms with Crippen LogP contribution in [-0.4, -0.2) is 79.2 Å². The fourth-order valence-corrected chi connectivity index (χ4v) is 24.8. The molecule has 34 heavy (non-hydrogen) atoms. The van der Waals surface area contributed by atoms with Gasteiger partial charge in [-0.15, -0.1) is 0 Å². The van der Waals surface area contributed by atoms with Crippen molar-refractivity contribution in [2.75, 3.05) is 19.8 Å². The highest BCUT2D eigenvalue weighted by Crippen LogP contribution is 2.30. The third-order valence-corrected chi connectivity index (χ3v) is 22.7. The minimum absolute atomic E-state index is 0.148. The van der Waals surface area contributed by atoms with Crippen molar-refractivity contribution in [3.8, 4) is 0 Å². The molecular weight excluding hydrogens is 517 g/mol. The molecular formula is C22H56O7Si5. The highest BCUT2D eigenvalue weighted by molar-refractivity contribution is 6.88. The van der Waals surface area contributed by atoms with Crippen LogP contribution in [0, 0.1) is 0 Å². The van der Waals surface area contributed by atoms with Crippen LogP contribution in [0.2, 0.25) is 71.0 Å². The summed E-state index contributed by atoms with van der Waals surface area (Å²) in [6.07, 6.45) is 6.08. The maximum Gasteiger partial charge on any atom is 0.317 e. The van der Waals surface area contributed by atoms with E-state index < -0.39 is 49.1 Å². The highest BCUT2D eigenvalue weighted by Gasteiger charge is 2.45. The Balaban J connectivity index is 5.38. The summed E-state index contributed by atoms with van der Waals surface area (Å²) < 4.78 is 32.4. The summed E-state index contributed by atoms with van der Waals surface area (Å²) in [4.78, 5) is 0. The quantitative estimate of drug-likeness (QED) is 0.140. The third kappa shape index (κ3) is 19.0. The smallest absolute Gasteiger partial charge is 0.317 e. The Kier molecular flexibility index (Phi) is 17.0. The molecule has 4 unspecified atom stereocenters. The molecule has 0 fully saturated rings. The Hall–Kier alpha value is 0.804. The minimum atomic E-state index is -2.52. The fraction of sp³-hybridized carbons (Fsp3) is 1.00. The average Bonchev–Trinajstić information content (AvgIpc) is 2.63. The van der Waals surface area contributed by atoms with E-state index in [1.807, 2.05) is 0 Å². The Morgan fingerprint density at radius 2 is 1.32 bits per heavy atom. The Labute approximate surface area is 216 Å². The van der Waals surface area contributed by atoms with E-state index in [9.17, 15) is 5.11 Å². The van der Waals surface area contributed by atoms with E-state index in [1.54, 1.807) is 0 Å². The van der Waals surface area contributed by atoms with Crippen LogP contribution in [0.3, 0.4) is 0 Å². The van der Waals surface area contributed by atoms with Crippen molar-refractivity contribution in [2.45, 2.75) is 123 Å². The summed E-state index contributed by atoms with van der Waals surface area (Å²) in [6, 6.07) is 1.79. The summed E-state index contributed by atoms with van der Waals surface area (Å²) in [5.74, 6) is 0. The molecule has 0 aliphatic carbocycles. The zero-order valence-corrected chi connectivity index (χ0v) is 29.0. The van der Waals surface area contributed by atoms with Gasteiger partial charge < -0.3 is 31.4 Å². The largest absolute Gasteiger partial charge is 0.439 e. The van der Waals surface area contributed by atoms with Gasteiger partial charge in [-0.3, -0.25) is 0 Å². The van der Waals surface area contributed by atoms with Gasteiger partial charge in [-0.05, 0) is 77.4 Å². The van der Waals surface area contributed by atoms with Crippen molar-refractivity contribution < 1.29 is 31.4 Å². The topological polar surface area (TPSA) is 86.6 Å². The van der Waals surface area contributed by atoms with Gasteiger partial charge in [-0.2, -0.15) is 0 Å². The highest BCUT2D eigenvalue weighted by atomic mass is 28.5. The van der Waals surface area contributed by atoms with Crippen molar-refractivity contribution in [3.05, 3.63) is 0 Å². The molecule has 0 bridgehead atoms. The van der Waals surface area contributed by atoms with Crippen LogP contribution in [0.4, 0.5) is 0 Å². The molecule has 0 aromatic heterocycles. The molecule has 0 rings (SSSR count). The number of aliphatic hydroxyl groups is 2. The lowest BCUT2D eigenvalue weighted by Gasteiger charge is -2.42. The standard InChI is InChI=1S/C22H56O7Si5/c1-11-12-13-14-15-18-33(9,27-30(2)26-31(3,4)5)29-34(10,28-32(6,7)8)19-16-17-25-21-22(24)20-23/h22-24,30H,11-21H2,1-10H3. The molecule has 0 saturated heterocycles. The molecule has 12 heteroatoms. The molecule has 2 N–H and O–H groups in total. The molecule has 0 aliphatic rings. The predicted molar refractivity (Wildman–Crippen MR) is 154 cm³/mol. The van der Waals surface area contributed by atoms with Gasteiger partial charge in [-0.25, -0.2) is 0 Å². The second-order valence-electron chi connectivity index (χ2n) is 11.7. The fourth-order valence-electron chi connectivity index (χ4n) is 4.05. The lowest BCUT2D eigenvalue weighted by atomic mass is 10.2. The van der Waals surface area contributed by atoms with Crippen LogP contribution in [0.15, 0.2) is 0 Å². The summed E-state index contributed by atoms with van der Waals surface area (Å²) >= 11 is 0. The lowest BCUT2D eigenvalue weighted by molar-refractivity contribution is 0.00623. The normalized spacial score (nSPS) is 18.4. The van der Waals surface area contributed by atoms with E-state index >= 15 is 0 Å². The van der Waals surface area contributed by atoms with Crippen molar-refractivity contribution in [2.24, 2.45) is 0 Å². The van der Waals surface area contributed by atoms with E-state index in [0.29, 0.717) is 6.61 Å². The SMILES string of the molecule is CCCCCCC[Si](C)(O[SiH](C)O[Si](C)(C)C)O[Si](C)(CCCOCC(O)CO)O[Si](C)(C)C. The molecule has 206 valence electrons. The van der Waals surface area contributed by atoms with Gasteiger partial charge in [0.1, 0.15) is 6.10 Å². The maximum absolute atomic E-state index is 9.50. The molecule has 7 nitrogen and oxygen atoms in total. The number of unbranched alkanes of at least 4 members (excludes halogenated alkanes) is 4. The zero-order valence-electron chi connectivity index (χ0n) is 23.9. The number of hydrogen-bond acceptors (Lipinski definition) is 7. The van der Waals surface area contributed by atoms with E-state index in [-0.39, 0.29) is 13.2 Å². The summed E-state index contributed by atoms with van der Waals surface area (Å²) in [5, 5.41) is 18.5. The van der Waals surface area contributed by atoms with Crippen LogP contribution < -0.4 is 0 Å². The van der Waals surface area contributed by atoms with E-state index in [4.69, 9.17) is 26.3 Å². The number of rotatable bonds is 21. The minimum Gasteiger partial charge on any atom is -0.439 e. The van der Waals surface area contributed by atoms with Crippen molar-refractivity contribution >= 4 is 43.0 Å². The number of aliphatic hydroxyl groups excluding tert-OH is 2. The number of ether oxygens (including phenoxy) is 1. The van der Waals surface area contributed by atoms with Crippen LogP contribution >= 0.6 is 0 Å². The summed E-state index contributed by atoms with van der Waals surface area (Å²) in [7, 11) is -10.3. The molecule has 0 heterocycles. The first-order valence-electron chi connectivity index (χ1n) is 13.2. The summed E-state index contributed by atoms with van der Waals surface area (Å²) in [5.41, 5.74) is 0. The zero-order chi connectivity index (χ0) is 26.5. The van der Waals surface area contributed by atoms with Crippen LogP contribution in [0.5, 0.6) is 0 Å². The van der Waals surface area contributed by atoms with Gasteiger partial charge >= 0.3 is 17.1 Å². The van der Waals surface area contributed by atoms with Crippen molar-refractivity contribution in [1.82, 2.24) is 0 Å². The second-order valence-corrected chi connectivity index (χ2v) is 30.3. The molecule has 0 aromatic rings. The molecule has 0 spiro atoms. The van der Waals surface area contributed by atoms with E-state index in [2.05, 4.69) is 65.8 Å². The first kappa shape index (κ1) is 34.8. The average molecular weight is 573 g/mol. The third-order valence-electron chi connectivity index (χ3n) is 5.06. The molecule has 0 aliphatic heterocycles. The first-order chi connectivity index (χ1) is 15.5. The van der Waals surface area contributed by atoms with Crippen LogP contribution in [-0.2, 0) is 21.2 Å². The van der Waals surface area contributed by atoms with Gasteiger partial charge in [0.05, 0.1) is 13.2 Å². The number of hydrogen-bond donors (Lipinski definition) is 2. The Morgan fingerprint density at radius 3 is 1.85 bits per heavy atom. The lowest BCUT2D eigenvalue weighted by Crippen LogP contribution is -2.57. The maximum atomic E-state index is 9.50. The Morgan fingerprint density at radius 1 is 0.735 bits per heavy atom.